The van der Waals surface area contributed by atoms with Gasteiger partial charge in [-0.05, 0) is 86.2 Å². The maximum Gasteiger partial charge on any atom is 0.205 e. The van der Waals surface area contributed by atoms with Crippen LogP contribution in [0.1, 0.15) is 45.0 Å². The second-order valence-corrected chi connectivity index (χ2v) is 13.2. The number of aliphatic hydroxyl groups is 1. The number of hydrogen-bond donors (Lipinski definition) is 2. The molecular weight excluding hydrogens is 575 g/mol. The van der Waals surface area contributed by atoms with Crippen molar-refractivity contribution in [3.63, 3.8) is 0 Å². The van der Waals surface area contributed by atoms with Crippen LogP contribution in [0.2, 0.25) is 0 Å². The molecule has 0 spiro atoms. The molecule has 5 aliphatic rings. The lowest BCUT2D eigenvalue weighted by molar-refractivity contribution is -0.235. The van der Waals surface area contributed by atoms with E-state index in [0.29, 0.717) is 17.0 Å². The molecule has 7 rings (SSSR count). The van der Waals surface area contributed by atoms with E-state index in [1.807, 2.05) is 0 Å². The minimum Gasteiger partial charge on any atom is -0.486 e. The van der Waals surface area contributed by atoms with Crippen LogP contribution in [0.15, 0.2) is 72.3 Å². The van der Waals surface area contributed by atoms with Crippen LogP contribution in [0.5, 0.6) is 5.75 Å². The summed E-state index contributed by atoms with van der Waals surface area (Å²) in [5.74, 6) is -2.69. The standard InChI is InChI=1S/C34H34F3NO6/c1-31-11-10-21(39)13-25(31)26(36)14-24-23-15-29-34(32(23,2)16-27(40)33(24,31)37,28(41)17-42-22-8-6-20(38)7-9-22)44-30(43-29)18-4-3-5-19(35)12-18/h3-13,23-24,26-27,29-30,40H,14-17,38H2,1-2H3/t23?,24?,26-,27-,29+,30+,31?,32-,33-,34+/m0/s1. The van der Waals surface area contributed by atoms with E-state index < -0.39 is 82.6 Å². The van der Waals surface area contributed by atoms with Crippen molar-refractivity contribution < 1.29 is 42.1 Å². The molecule has 3 unspecified atom stereocenters. The van der Waals surface area contributed by atoms with E-state index in [1.54, 1.807) is 37.3 Å². The lowest BCUT2D eigenvalue weighted by atomic mass is 9.44. The number of nitrogens with two attached hydrogens (primary N) is 1. The Kier molecular flexibility index (Phi) is 6.49. The zero-order chi connectivity index (χ0) is 31.2. The number of alkyl halides is 2. The molecule has 2 aromatic rings. The van der Waals surface area contributed by atoms with Crippen LogP contribution in [0, 0.1) is 28.5 Å². The first-order valence-corrected chi connectivity index (χ1v) is 14.9. The first-order chi connectivity index (χ1) is 20.8. The Morgan fingerprint density at radius 3 is 2.61 bits per heavy atom. The first kappa shape index (κ1) is 29.3. The van der Waals surface area contributed by atoms with Crippen molar-refractivity contribution in [3.8, 4) is 5.75 Å². The minimum atomic E-state index is -2.33. The molecule has 3 N–H and O–H groups in total. The summed E-state index contributed by atoms with van der Waals surface area (Å²) in [6.07, 6.45) is -1.87. The third-order valence-corrected chi connectivity index (χ3v) is 11.2. The predicted molar refractivity (Wildman–Crippen MR) is 153 cm³/mol. The molecule has 3 saturated carbocycles. The van der Waals surface area contributed by atoms with Gasteiger partial charge in [0.25, 0.3) is 0 Å². The van der Waals surface area contributed by atoms with Gasteiger partial charge in [0.1, 0.15) is 24.3 Å². The molecule has 0 bridgehead atoms. The predicted octanol–water partition coefficient (Wildman–Crippen LogP) is 5.14. The highest BCUT2D eigenvalue weighted by molar-refractivity contribution is 6.01. The Morgan fingerprint density at radius 2 is 1.89 bits per heavy atom. The summed E-state index contributed by atoms with van der Waals surface area (Å²) in [5, 5.41) is 11.8. The molecule has 1 saturated heterocycles. The molecule has 0 amide bonds. The van der Waals surface area contributed by atoms with Crippen molar-refractivity contribution in [1.82, 2.24) is 0 Å². The number of ether oxygens (including phenoxy) is 3. The SMILES string of the molecule is CC12C=CC(=O)C=C1[C@@H](F)CC1C3C[C@H]4O[C@@H](c5cccc(F)c5)O[C@@]4(C(=O)COc4ccc(N)cc4)[C@@]3(C)C[C@H](O)[C@@]12F. The summed E-state index contributed by atoms with van der Waals surface area (Å²) in [6.45, 7) is 2.86. The van der Waals surface area contributed by atoms with Crippen molar-refractivity contribution in [2.75, 3.05) is 12.3 Å². The van der Waals surface area contributed by atoms with Gasteiger partial charge in [-0.3, -0.25) is 9.59 Å². The topological polar surface area (TPSA) is 108 Å². The molecule has 232 valence electrons. The molecule has 10 atom stereocenters. The second kappa shape index (κ2) is 9.76. The fourth-order valence-electron chi connectivity index (χ4n) is 9.07. The number of halogens is 3. The summed E-state index contributed by atoms with van der Waals surface area (Å²) in [5.41, 5.74) is -0.144. The first-order valence-electron chi connectivity index (χ1n) is 14.9. The lowest BCUT2D eigenvalue weighted by Crippen LogP contribution is -2.70. The summed E-state index contributed by atoms with van der Waals surface area (Å²) in [4.78, 5) is 26.6. The third kappa shape index (κ3) is 3.80. The van der Waals surface area contributed by atoms with Gasteiger partial charge in [0.15, 0.2) is 23.3 Å². The number of ketones is 2. The highest BCUT2D eigenvalue weighted by Gasteiger charge is 2.80. The van der Waals surface area contributed by atoms with E-state index in [4.69, 9.17) is 19.9 Å². The van der Waals surface area contributed by atoms with Crippen molar-refractivity contribution in [2.24, 2.45) is 22.7 Å². The molecule has 1 heterocycles. The Labute approximate surface area is 252 Å². The average Bonchev–Trinajstić information content (AvgIpc) is 3.49. The van der Waals surface area contributed by atoms with Gasteiger partial charge in [-0.15, -0.1) is 0 Å². The van der Waals surface area contributed by atoms with Gasteiger partial charge in [0.2, 0.25) is 5.78 Å². The number of rotatable bonds is 5. The maximum atomic E-state index is 17.7. The number of hydrogen-bond acceptors (Lipinski definition) is 7. The van der Waals surface area contributed by atoms with Crippen molar-refractivity contribution >= 4 is 17.3 Å². The van der Waals surface area contributed by atoms with Crippen LogP contribution >= 0.6 is 0 Å². The number of benzene rings is 2. The van der Waals surface area contributed by atoms with Gasteiger partial charge in [0, 0.05) is 28.0 Å². The number of carbonyl (C=O) groups excluding carboxylic acids is 2. The summed E-state index contributed by atoms with van der Waals surface area (Å²) in [7, 11) is 0. The Bertz CT molecular complexity index is 1600. The van der Waals surface area contributed by atoms with E-state index in [9.17, 15) is 19.1 Å². The summed E-state index contributed by atoms with van der Waals surface area (Å²) in [6, 6.07) is 12.2. The molecule has 4 aliphatic carbocycles. The van der Waals surface area contributed by atoms with Gasteiger partial charge < -0.3 is 25.1 Å². The normalized spacial score (nSPS) is 42.1. The van der Waals surface area contributed by atoms with Crippen LogP contribution in [0.3, 0.4) is 0 Å². The maximum absolute atomic E-state index is 17.7. The smallest absolute Gasteiger partial charge is 0.205 e. The monoisotopic (exact) mass is 609 g/mol. The van der Waals surface area contributed by atoms with E-state index in [2.05, 4.69) is 0 Å². The van der Waals surface area contributed by atoms with Crippen LogP contribution in [-0.4, -0.2) is 52.9 Å². The van der Waals surface area contributed by atoms with E-state index >= 15 is 8.78 Å². The number of allylic oxidation sites excluding steroid dienone is 4. The largest absolute Gasteiger partial charge is 0.486 e. The summed E-state index contributed by atoms with van der Waals surface area (Å²) < 4.78 is 66.5. The van der Waals surface area contributed by atoms with Crippen molar-refractivity contribution in [3.05, 3.63) is 83.7 Å². The van der Waals surface area contributed by atoms with Crippen LogP contribution in [-0.2, 0) is 19.1 Å². The molecular formula is C34H34F3NO6. The van der Waals surface area contributed by atoms with Gasteiger partial charge in [-0.1, -0.05) is 25.1 Å². The van der Waals surface area contributed by atoms with Gasteiger partial charge >= 0.3 is 0 Å². The Hall–Kier alpha value is -3.47. The van der Waals surface area contributed by atoms with E-state index in [1.165, 1.54) is 37.3 Å². The second-order valence-electron chi connectivity index (χ2n) is 13.2. The summed E-state index contributed by atoms with van der Waals surface area (Å²) >= 11 is 0. The number of nitrogen functional groups attached to an aromatic ring is 1. The average molecular weight is 610 g/mol. The Morgan fingerprint density at radius 1 is 1.14 bits per heavy atom. The Balaban J connectivity index is 1.29. The molecule has 1 aliphatic heterocycles. The molecule has 44 heavy (non-hydrogen) atoms. The van der Waals surface area contributed by atoms with E-state index in [-0.39, 0.29) is 24.8 Å². The van der Waals surface area contributed by atoms with Gasteiger partial charge in [-0.2, -0.15) is 0 Å². The van der Waals surface area contributed by atoms with Crippen LogP contribution < -0.4 is 10.5 Å². The lowest BCUT2D eigenvalue weighted by Gasteiger charge is -2.63. The van der Waals surface area contributed by atoms with Gasteiger partial charge in [-0.25, -0.2) is 13.2 Å². The zero-order valence-electron chi connectivity index (χ0n) is 24.3. The minimum absolute atomic E-state index is 0.0194. The molecule has 7 nitrogen and oxygen atoms in total. The number of fused-ring (bicyclic) bond motifs is 7. The number of Topliss-reactive ketones (excluding diaryl/α,β-unsaturated/α-hetero) is 1. The fraction of sp³-hybridized carbons (Fsp3) is 0.471. The van der Waals surface area contributed by atoms with E-state index in [0.717, 1.165) is 6.08 Å². The van der Waals surface area contributed by atoms with Crippen LogP contribution in [0.4, 0.5) is 18.9 Å². The van der Waals surface area contributed by atoms with Gasteiger partial charge in [0.05, 0.1) is 12.2 Å². The zero-order valence-corrected chi connectivity index (χ0v) is 24.3. The molecule has 0 radical (unpaired) electrons. The van der Waals surface area contributed by atoms with Crippen LogP contribution in [0.25, 0.3) is 0 Å². The van der Waals surface area contributed by atoms with Crippen molar-refractivity contribution in [1.29, 1.82) is 0 Å². The highest BCUT2D eigenvalue weighted by Crippen LogP contribution is 2.72. The molecule has 10 heteroatoms. The highest BCUT2D eigenvalue weighted by atomic mass is 19.1. The fourth-order valence-corrected chi connectivity index (χ4v) is 9.07. The molecule has 4 fully saturated rings. The number of carbonyl (C=O) groups is 2. The number of anilines is 1. The molecule has 2 aromatic carbocycles. The molecule has 0 aromatic heterocycles. The van der Waals surface area contributed by atoms with Crippen molar-refractivity contribution in [2.45, 2.75) is 69.0 Å². The third-order valence-electron chi connectivity index (χ3n) is 11.2. The quantitative estimate of drug-likeness (QED) is 0.452. The number of aliphatic hydroxyl groups excluding tert-OH is 1.